The average Bonchev–Trinajstić information content (AvgIpc) is 2.95. The van der Waals surface area contributed by atoms with E-state index in [-0.39, 0.29) is 5.91 Å². The van der Waals surface area contributed by atoms with E-state index in [4.69, 9.17) is 5.73 Å². The van der Waals surface area contributed by atoms with Gasteiger partial charge in [-0.3, -0.25) is 4.79 Å². The van der Waals surface area contributed by atoms with Gasteiger partial charge in [-0.25, -0.2) is 4.98 Å². The number of likely N-dealkylation sites (tertiary alicyclic amines) is 1. The van der Waals surface area contributed by atoms with E-state index in [1.807, 2.05) is 23.1 Å². The number of imidazole rings is 1. The van der Waals surface area contributed by atoms with Gasteiger partial charge in [0.1, 0.15) is 0 Å². The summed E-state index contributed by atoms with van der Waals surface area (Å²) in [5.41, 5.74) is 8.14. The van der Waals surface area contributed by atoms with Gasteiger partial charge in [0.05, 0.1) is 17.4 Å². The molecule has 3 N–H and O–H groups in total. The zero-order chi connectivity index (χ0) is 13.9. The van der Waals surface area contributed by atoms with Crippen molar-refractivity contribution in [2.24, 2.45) is 11.7 Å². The summed E-state index contributed by atoms with van der Waals surface area (Å²) >= 11 is 0. The number of fused-ring (bicyclic) bond motifs is 1. The van der Waals surface area contributed by atoms with Crippen LogP contribution >= 0.6 is 0 Å². The van der Waals surface area contributed by atoms with Gasteiger partial charge in [-0.1, -0.05) is 0 Å². The summed E-state index contributed by atoms with van der Waals surface area (Å²) < 4.78 is 0. The van der Waals surface area contributed by atoms with Crippen molar-refractivity contribution in [1.82, 2.24) is 14.9 Å². The van der Waals surface area contributed by atoms with Crippen molar-refractivity contribution in [2.45, 2.75) is 19.3 Å². The van der Waals surface area contributed by atoms with E-state index >= 15 is 0 Å². The molecule has 5 heteroatoms. The number of nitrogens with two attached hydrogens (primary N) is 1. The number of carbonyl (C=O) groups excluding carboxylic acids is 1. The van der Waals surface area contributed by atoms with Gasteiger partial charge in [0, 0.05) is 18.7 Å². The first-order chi connectivity index (χ1) is 9.78. The summed E-state index contributed by atoms with van der Waals surface area (Å²) in [6.07, 6.45) is 4.85. The van der Waals surface area contributed by atoms with Crippen LogP contribution in [0.1, 0.15) is 29.6 Å². The molecule has 1 aliphatic heterocycles. The summed E-state index contributed by atoms with van der Waals surface area (Å²) in [5.74, 6) is 0.798. The third-order valence-corrected chi connectivity index (χ3v) is 4.14. The Kier molecular flexibility index (Phi) is 3.69. The number of H-pyrrole nitrogens is 1. The molecule has 0 spiro atoms. The van der Waals surface area contributed by atoms with Crippen LogP contribution in [0, 0.1) is 5.92 Å². The van der Waals surface area contributed by atoms with Gasteiger partial charge in [-0.15, -0.1) is 0 Å². The molecule has 2 aromatic rings. The van der Waals surface area contributed by atoms with Crippen LogP contribution in [-0.4, -0.2) is 40.4 Å². The molecule has 20 heavy (non-hydrogen) atoms. The maximum absolute atomic E-state index is 12.5. The topological polar surface area (TPSA) is 75.0 Å². The Hall–Kier alpha value is -1.88. The van der Waals surface area contributed by atoms with Crippen LogP contribution in [0.5, 0.6) is 0 Å². The number of aromatic amines is 1. The van der Waals surface area contributed by atoms with Crippen LogP contribution in [0.3, 0.4) is 0 Å². The molecule has 0 radical (unpaired) electrons. The molecule has 2 heterocycles. The van der Waals surface area contributed by atoms with E-state index in [1.165, 1.54) is 0 Å². The first-order valence-corrected chi connectivity index (χ1v) is 7.20. The Morgan fingerprint density at radius 3 is 2.95 bits per heavy atom. The van der Waals surface area contributed by atoms with Crippen molar-refractivity contribution in [2.75, 3.05) is 19.6 Å². The van der Waals surface area contributed by atoms with Gasteiger partial charge in [-0.05, 0) is 49.9 Å². The smallest absolute Gasteiger partial charge is 0.253 e. The van der Waals surface area contributed by atoms with E-state index in [0.29, 0.717) is 5.92 Å². The molecule has 0 bridgehead atoms. The van der Waals surface area contributed by atoms with E-state index in [1.54, 1.807) is 6.33 Å². The molecule has 5 nitrogen and oxygen atoms in total. The Balaban J connectivity index is 1.69. The fourth-order valence-electron chi connectivity index (χ4n) is 2.91. The fourth-order valence-corrected chi connectivity index (χ4v) is 2.91. The molecule has 1 fully saturated rings. The maximum atomic E-state index is 12.5. The average molecular weight is 272 g/mol. The predicted octanol–water partition coefficient (Wildman–Crippen LogP) is 1.76. The maximum Gasteiger partial charge on any atom is 0.253 e. The molecule has 0 unspecified atom stereocenters. The second-order valence-corrected chi connectivity index (χ2v) is 5.45. The first-order valence-electron chi connectivity index (χ1n) is 7.20. The molecular weight excluding hydrogens is 252 g/mol. The highest BCUT2D eigenvalue weighted by Gasteiger charge is 2.23. The van der Waals surface area contributed by atoms with Crippen LogP contribution in [0.25, 0.3) is 11.0 Å². The second-order valence-electron chi connectivity index (χ2n) is 5.45. The van der Waals surface area contributed by atoms with Crippen LogP contribution in [0.2, 0.25) is 0 Å². The van der Waals surface area contributed by atoms with Gasteiger partial charge in [0.2, 0.25) is 0 Å². The summed E-state index contributed by atoms with van der Waals surface area (Å²) in [6.45, 7) is 2.42. The van der Waals surface area contributed by atoms with Crippen molar-refractivity contribution >= 4 is 16.9 Å². The number of carbonyl (C=O) groups is 1. The zero-order valence-electron chi connectivity index (χ0n) is 11.5. The van der Waals surface area contributed by atoms with Crippen LogP contribution < -0.4 is 5.73 Å². The zero-order valence-corrected chi connectivity index (χ0v) is 11.5. The van der Waals surface area contributed by atoms with Crippen molar-refractivity contribution in [3.8, 4) is 0 Å². The first kappa shape index (κ1) is 13.1. The third kappa shape index (κ3) is 2.54. The number of hydrogen-bond acceptors (Lipinski definition) is 3. The van der Waals surface area contributed by atoms with E-state index in [9.17, 15) is 4.79 Å². The highest BCUT2D eigenvalue weighted by atomic mass is 16.2. The number of rotatable bonds is 3. The Morgan fingerprint density at radius 1 is 1.40 bits per heavy atom. The minimum Gasteiger partial charge on any atom is -0.345 e. The standard InChI is InChI=1S/C15H20N4O/c16-6-3-11-4-7-19(8-5-11)15(20)12-1-2-13-14(9-12)18-10-17-13/h1-2,9-11H,3-8,16H2,(H,17,18). The number of piperidine rings is 1. The van der Waals surface area contributed by atoms with E-state index in [0.717, 1.165) is 55.5 Å². The van der Waals surface area contributed by atoms with Crippen molar-refractivity contribution in [3.63, 3.8) is 0 Å². The van der Waals surface area contributed by atoms with E-state index < -0.39 is 0 Å². The highest BCUT2D eigenvalue weighted by molar-refractivity contribution is 5.97. The number of amides is 1. The molecule has 0 aliphatic carbocycles. The van der Waals surface area contributed by atoms with Gasteiger partial charge < -0.3 is 15.6 Å². The lowest BCUT2D eigenvalue weighted by molar-refractivity contribution is 0.0688. The molecule has 1 saturated heterocycles. The fraction of sp³-hybridized carbons (Fsp3) is 0.467. The quantitative estimate of drug-likeness (QED) is 0.894. The number of nitrogens with zero attached hydrogens (tertiary/aromatic N) is 2. The Labute approximate surface area is 118 Å². The molecule has 1 aliphatic rings. The lowest BCUT2D eigenvalue weighted by Crippen LogP contribution is -2.38. The van der Waals surface area contributed by atoms with Gasteiger partial charge in [-0.2, -0.15) is 0 Å². The van der Waals surface area contributed by atoms with Crippen molar-refractivity contribution < 1.29 is 4.79 Å². The molecule has 0 atom stereocenters. The van der Waals surface area contributed by atoms with Crippen molar-refractivity contribution in [3.05, 3.63) is 30.1 Å². The van der Waals surface area contributed by atoms with Crippen molar-refractivity contribution in [1.29, 1.82) is 0 Å². The molecule has 3 rings (SSSR count). The van der Waals surface area contributed by atoms with Crippen LogP contribution in [-0.2, 0) is 0 Å². The lowest BCUT2D eigenvalue weighted by atomic mass is 9.93. The normalized spacial score (nSPS) is 16.8. The highest BCUT2D eigenvalue weighted by Crippen LogP contribution is 2.22. The number of hydrogen-bond donors (Lipinski definition) is 2. The van der Waals surface area contributed by atoms with Crippen LogP contribution in [0.4, 0.5) is 0 Å². The SMILES string of the molecule is NCCC1CCN(C(=O)c2ccc3nc[nH]c3c2)CC1. The summed E-state index contributed by atoms with van der Waals surface area (Å²) in [4.78, 5) is 21.7. The monoisotopic (exact) mass is 272 g/mol. The molecule has 1 amide bonds. The third-order valence-electron chi connectivity index (χ3n) is 4.14. The number of aromatic nitrogens is 2. The Morgan fingerprint density at radius 2 is 2.20 bits per heavy atom. The van der Waals surface area contributed by atoms with Gasteiger partial charge in [0.25, 0.3) is 5.91 Å². The molecular formula is C15H20N4O. The number of nitrogens with one attached hydrogen (secondary N) is 1. The lowest BCUT2D eigenvalue weighted by Gasteiger charge is -2.32. The van der Waals surface area contributed by atoms with Crippen LogP contribution in [0.15, 0.2) is 24.5 Å². The molecule has 1 aromatic heterocycles. The van der Waals surface area contributed by atoms with Gasteiger partial charge in [0.15, 0.2) is 0 Å². The largest absolute Gasteiger partial charge is 0.345 e. The Bertz CT molecular complexity index is 599. The minimum atomic E-state index is 0.118. The summed E-state index contributed by atoms with van der Waals surface area (Å²) in [6, 6.07) is 5.63. The van der Waals surface area contributed by atoms with E-state index in [2.05, 4.69) is 9.97 Å². The van der Waals surface area contributed by atoms with Gasteiger partial charge >= 0.3 is 0 Å². The summed E-state index contributed by atoms with van der Waals surface area (Å²) in [5, 5.41) is 0. The molecule has 0 saturated carbocycles. The molecule has 106 valence electrons. The molecule has 1 aromatic carbocycles. The number of benzene rings is 1. The predicted molar refractivity (Wildman–Crippen MR) is 78.4 cm³/mol. The summed E-state index contributed by atoms with van der Waals surface area (Å²) in [7, 11) is 0. The minimum absolute atomic E-state index is 0.118. The second kappa shape index (κ2) is 5.63.